The van der Waals surface area contributed by atoms with E-state index in [-0.39, 0.29) is 38.2 Å². The molecule has 3 aliphatic heterocycles. The van der Waals surface area contributed by atoms with Crippen molar-refractivity contribution >= 4 is 23.2 Å². The van der Waals surface area contributed by atoms with E-state index in [0.717, 1.165) is 44.2 Å². The molecule has 0 bridgehead atoms. The lowest BCUT2D eigenvalue weighted by molar-refractivity contribution is -0.138. The molecule has 3 aromatic rings. The van der Waals surface area contributed by atoms with Crippen LogP contribution in [0.25, 0.3) is 11.4 Å². The van der Waals surface area contributed by atoms with Crippen LogP contribution in [-0.4, -0.2) is 113 Å². The molecule has 1 amide bonds. The number of ether oxygens (including phenoxy) is 2. The molecule has 0 spiro atoms. The minimum atomic E-state index is -1.45. The maximum absolute atomic E-state index is 14.7. The van der Waals surface area contributed by atoms with Gasteiger partial charge in [-0.05, 0) is 49.4 Å². The molecular formula is C32H39FN8O4. The van der Waals surface area contributed by atoms with Gasteiger partial charge in [-0.1, -0.05) is 7.43 Å². The summed E-state index contributed by atoms with van der Waals surface area (Å²) in [4.78, 5) is 31.0. The van der Waals surface area contributed by atoms with Crippen molar-refractivity contribution in [2.45, 2.75) is 45.1 Å². The number of nitrogens with one attached hydrogen (secondary N) is 1. The van der Waals surface area contributed by atoms with E-state index in [1.54, 1.807) is 18.2 Å². The Morgan fingerprint density at radius 1 is 1.16 bits per heavy atom. The Morgan fingerprint density at radius 2 is 1.96 bits per heavy atom. The Kier molecular flexibility index (Phi) is 10.1. The van der Waals surface area contributed by atoms with Crippen molar-refractivity contribution in [2.24, 2.45) is 0 Å². The fourth-order valence-electron chi connectivity index (χ4n) is 5.91. The van der Waals surface area contributed by atoms with Gasteiger partial charge in [0.1, 0.15) is 30.9 Å². The van der Waals surface area contributed by atoms with Gasteiger partial charge in [0.05, 0.1) is 31.4 Å². The standard InChI is InChI=1S/C31H35FN8O4.CH4/c1-20-14-38(10-11-40(20)25-17-43-18-25)24-5-3-23(4-6-24)36-31-35-19-34-30(37-31)21-2-7-27(22(12-21)13-33)44-28-8-9-39(15-26(28)32)29(42)16-41;/h2-7,12,19-20,25-26,28,41H,8-11,14-18H2,1H3,(H,34,35,36,37);1H4/t20-,26+,28-;/m0./s1. The van der Waals surface area contributed by atoms with Crippen LogP contribution in [0.5, 0.6) is 5.75 Å². The molecule has 0 radical (unpaired) electrons. The van der Waals surface area contributed by atoms with Gasteiger partial charge in [-0.15, -0.1) is 0 Å². The predicted octanol–water partition coefficient (Wildman–Crippen LogP) is 3.01. The highest BCUT2D eigenvalue weighted by Gasteiger charge is 2.34. The van der Waals surface area contributed by atoms with Crippen LogP contribution in [0.4, 0.5) is 21.7 Å². The summed E-state index contributed by atoms with van der Waals surface area (Å²) in [6.07, 6.45) is -0.614. The van der Waals surface area contributed by atoms with Crippen molar-refractivity contribution in [3.8, 4) is 23.2 Å². The normalized spacial score (nSPS) is 22.1. The molecule has 1 aromatic heterocycles. The number of carbonyl (C=O) groups excluding carboxylic acids is 1. The lowest BCUT2D eigenvalue weighted by atomic mass is 10.0. The van der Waals surface area contributed by atoms with E-state index in [0.29, 0.717) is 29.4 Å². The molecule has 12 nitrogen and oxygen atoms in total. The fourth-order valence-corrected chi connectivity index (χ4v) is 5.91. The molecule has 0 saturated carbocycles. The lowest BCUT2D eigenvalue weighted by Gasteiger charge is -2.47. The van der Waals surface area contributed by atoms with Crippen LogP contribution < -0.4 is 15.0 Å². The number of nitriles is 1. The number of alkyl halides is 1. The number of nitrogens with zero attached hydrogens (tertiary/aromatic N) is 7. The molecule has 2 N–H and O–H groups in total. The van der Waals surface area contributed by atoms with Gasteiger partial charge in [0.2, 0.25) is 11.9 Å². The zero-order valence-electron chi connectivity index (χ0n) is 24.5. The number of anilines is 3. The molecule has 45 heavy (non-hydrogen) atoms. The number of aromatic nitrogens is 3. The van der Waals surface area contributed by atoms with E-state index >= 15 is 0 Å². The molecule has 2 aromatic carbocycles. The van der Waals surface area contributed by atoms with Gasteiger partial charge in [-0.25, -0.2) is 14.4 Å². The number of amides is 1. The van der Waals surface area contributed by atoms with Gasteiger partial charge in [0.25, 0.3) is 0 Å². The van der Waals surface area contributed by atoms with E-state index in [1.807, 2.05) is 12.1 Å². The molecule has 4 heterocycles. The topological polar surface area (TPSA) is 140 Å². The first-order valence-electron chi connectivity index (χ1n) is 14.8. The van der Waals surface area contributed by atoms with Crippen LogP contribution in [0.15, 0.2) is 48.8 Å². The smallest absolute Gasteiger partial charge is 0.248 e. The number of benzene rings is 2. The van der Waals surface area contributed by atoms with Gasteiger partial charge in [0, 0.05) is 55.6 Å². The summed E-state index contributed by atoms with van der Waals surface area (Å²) >= 11 is 0. The molecule has 3 fully saturated rings. The van der Waals surface area contributed by atoms with Crippen LogP contribution in [-0.2, 0) is 9.53 Å². The zero-order valence-corrected chi connectivity index (χ0v) is 24.5. The average Bonchev–Trinajstić information content (AvgIpc) is 3.02. The van der Waals surface area contributed by atoms with Crippen molar-refractivity contribution in [2.75, 3.05) is 62.8 Å². The van der Waals surface area contributed by atoms with Crippen LogP contribution in [0, 0.1) is 11.3 Å². The number of aliphatic hydroxyl groups is 1. The van der Waals surface area contributed by atoms with Crippen LogP contribution in [0.1, 0.15) is 26.3 Å². The van der Waals surface area contributed by atoms with Crippen molar-refractivity contribution in [3.05, 3.63) is 54.4 Å². The van der Waals surface area contributed by atoms with E-state index in [9.17, 15) is 14.4 Å². The molecule has 3 saturated heterocycles. The molecule has 6 rings (SSSR count). The summed E-state index contributed by atoms with van der Waals surface area (Å²) in [7, 11) is 0. The zero-order chi connectivity index (χ0) is 30.6. The number of piperidine rings is 1. The third-order valence-corrected chi connectivity index (χ3v) is 8.44. The van der Waals surface area contributed by atoms with E-state index in [2.05, 4.69) is 55.2 Å². The highest BCUT2D eigenvalue weighted by atomic mass is 19.1. The molecule has 0 aliphatic carbocycles. The Labute approximate surface area is 262 Å². The van der Waals surface area contributed by atoms with E-state index in [4.69, 9.17) is 14.6 Å². The molecule has 3 atom stereocenters. The largest absolute Gasteiger partial charge is 0.486 e. The summed E-state index contributed by atoms with van der Waals surface area (Å²) in [6, 6.07) is 16.2. The summed E-state index contributed by atoms with van der Waals surface area (Å²) in [6.45, 7) is 6.34. The Bertz CT molecular complexity index is 1520. The predicted molar refractivity (Wildman–Crippen MR) is 167 cm³/mol. The monoisotopic (exact) mass is 618 g/mol. The van der Waals surface area contributed by atoms with Gasteiger partial charge in [-0.3, -0.25) is 9.69 Å². The second-order valence-corrected chi connectivity index (χ2v) is 11.3. The first-order chi connectivity index (χ1) is 21.4. The molecule has 238 valence electrons. The quantitative estimate of drug-likeness (QED) is 0.385. The number of likely N-dealkylation sites (tertiary alicyclic amines) is 1. The second kappa shape index (κ2) is 14.2. The van der Waals surface area contributed by atoms with Gasteiger partial charge in [0.15, 0.2) is 12.0 Å². The van der Waals surface area contributed by atoms with Crippen molar-refractivity contribution in [3.63, 3.8) is 0 Å². The summed E-state index contributed by atoms with van der Waals surface area (Å²) in [5.41, 5.74) is 2.79. The van der Waals surface area contributed by atoms with Crippen molar-refractivity contribution < 1.29 is 23.8 Å². The van der Waals surface area contributed by atoms with Crippen LogP contribution in [0.2, 0.25) is 0 Å². The summed E-state index contributed by atoms with van der Waals surface area (Å²) < 4.78 is 26.0. The van der Waals surface area contributed by atoms with E-state index in [1.165, 1.54) is 11.2 Å². The maximum atomic E-state index is 14.7. The minimum absolute atomic E-state index is 0. The number of rotatable bonds is 8. The minimum Gasteiger partial charge on any atom is -0.486 e. The number of aliphatic hydroxyl groups excluding tert-OH is 1. The second-order valence-electron chi connectivity index (χ2n) is 11.3. The first kappa shape index (κ1) is 32.0. The van der Waals surface area contributed by atoms with Crippen molar-refractivity contribution in [1.29, 1.82) is 5.26 Å². The third-order valence-electron chi connectivity index (χ3n) is 8.44. The highest BCUT2D eigenvalue weighted by molar-refractivity contribution is 5.77. The Hall–Kier alpha value is -4.38. The van der Waals surface area contributed by atoms with Gasteiger partial charge < -0.3 is 29.7 Å². The SMILES string of the molecule is C.C[C@H]1CN(c2ccc(Nc3ncnc(-c4ccc(O[C@H]5CCN(C(=O)CO)C[C@H]5F)c(C#N)c4)n3)cc2)CCN1C1COC1. The van der Waals surface area contributed by atoms with Crippen LogP contribution in [0.3, 0.4) is 0 Å². The molecule has 0 unspecified atom stereocenters. The highest BCUT2D eigenvalue weighted by Crippen LogP contribution is 2.29. The number of halogens is 1. The van der Waals surface area contributed by atoms with E-state index < -0.39 is 24.8 Å². The third kappa shape index (κ3) is 7.14. The van der Waals surface area contributed by atoms with Gasteiger partial charge >= 0.3 is 0 Å². The Morgan fingerprint density at radius 3 is 2.62 bits per heavy atom. The molecular weight excluding hydrogens is 579 g/mol. The number of hydrogen-bond acceptors (Lipinski definition) is 11. The fraction of sp³-hybridized carbons (Fsp3) is 0.469. The first-order valence-corrected chi connectivity index (χ1v) is 14.8. The van der Waals surface area contributed by atoms with Gasteiger partial charge in [-0.2, -0.15) is 10.2 Å². The van der Waals surface area contributed by atoms with Crippen molar-refractivity contribution in [1.82, 2.24) is 24.8 Å². The molecule has 13 heteroatoms. The summed E-state index contributed by atoms with van der Waals surface area (Å²) in [5, 5.41) is 22.0. The van der Waals surface area contributed by atoms with Crippen LogP contribution >= 0.6 is 0 Å². The lowest BCUT2D eigenvalue weighted by Crippen LogP contribution is -2.60. The maximum Gasteiger partial charge on any atom is 0.248 e. The molecule has 3 aliphatic rings. The summed E-state index contributed by atoms with van der Waals surface area (Å²) in [5.74, 6) is 0.447. The number of hydrogen-bond donors (Lipinski definition) is 2. The number of carbonyl (C=O) groups is 1. The number of piperazine rings is 1. The Balaban J connectivity index is 0.00000400. The average molecular weight is 619 g/mol.